The molecule has 0 amide bonds. The molecule has 3 atom stereocenters. The number of rotatable bonds is 4. The maximum atomic E-state index is 10.4. The summed E-state index contributed by atoms with van der Waals surface area (Å²) >= 11 is 0. The van der Waals surface area contributed by atoms with Gasteiger partial charge >= 0.3 is 0 Å². The highest BCUT2D eigenvalue weighted by atomic mass is 16.5. The first-order chi connectivity index (χ1) is 11.0. The third-order valence-electron chi connectivity index (χ3n) is 5.10. The Morgan fingerprint density at radius 1 is 1.22 bits per heavy atom. The number of aromatic nitrogens is 3. The zero-order valence-corrected chi connectivity index (χ0v) is 14.5. The largest absolute Gasteiger partial charge is 0.392 e. The highest BCUT2D eigenvalue weighted by Crippen LogP contribution is 2.33. The van der Waals surface area contributed by atoms with Crippen LogP contribution in [0.4, 0.5) is 0 Å². The van der Waals surface area contributed by atoms with Crippen molar-refractivity contribution in [1.29, 1.82) is 0 Å². The van der Waals surface area contributed by atoms with Gasteiger partial charge in [-0.15, -0.1) is 0 Å². The molecule has 23 heavy (non-hydrogen) atoms. The van der Waals surface area contributed by atoms with Crippen molar-refractivity contribution in [2.24, 2.45) is 0 Å². The molecular weight excluding hydrogens is 292 g/mol. The van der Waals surface area contributed by atoms with Crippen molar-refractivity contribution in [1.82, 2.24) is 20.1 Å². The molecule has 3 rings (SSSR count). The molecule has 6 heteroatoms. The van der Waals surface area contributed by atoms with Gasteiger partial charge in [0, 0.05) is 37.3 Å². The minimum absolute atomic E-state index is 0.148. The van der Waals surface area contributed by atoms with E-state index in [2.05, 4.69) is 33.9 Å². The molecule has 1 aliphatic heterocycles. The third kappa shape index (κ3) is 3.92. The number of aliphatic hydroxyl groups is 1. The van der Waals surface area contributed by atoms with Crippen LogP contribution in [-0.4, -0.2) is 51.3 Å². The molecule has 0 bridgehead atoms. The number of hydrogen-bond donors (Lipinski definition) is 2. The van der Waals surface area contributed by atoms with E-state index in [0.717, 1.165) is 57.0 Å². The summed E-state index contributed by atoms with van der Waals surface area (Å²) in [6, 6.07) is 0.932. The van der Waals surface area contributed by atoms with Crippen molar-refractivity contribution in [2.45, 2.75) is 83.0 Å². The van der Waals surface area contributed by atoms with Gasteiger partial charge in [0.15, 0.2) is 0 Å². The molecule has 1 saturated carbocycles. The minimum atomic E-state index is -0.259. The Labute approximate surface area is 138 Å². The van der Waals surface area contributed by atoms with Crippen LogP contribution in [0, 0.1) is 6.92 Å². The van der Waals surface area contributed by atoms with Crippen molar-refractivity contribution in [3.63, 3.8) is 0 Å². The summed E-state index contributed by atoms with van der Waals surface area (Å²) in [6.45, 7) is 7.90. The maximum Gasteiger partial charge on any atom is 0.147 e. The smallest absolute Gasteiger partial charge is 0.147 e. The molecule has 2 heterocycles. The molecular formula is C17H30N4O2. The lowest BCUT2D eigenvalue weighted by atomic mass is 9.82. The summed E-state index contributed by atoms with van der Waals surface area (Å²) in [4.78, 5) is 4.68. The Bertz CT molecular complexity index is 511. The first-order valence-electron chi connectivity index (χ1n) is 8.99. The van der Waals surface area contributed by atoms with Crippen LogP contribution in [0.25, 0.3) is 0 Å². The van der Waals surface area contributed by atoms with Gasteiger partial charge in [0.05, 0.1) is 6.10 Å². The topological polar surface area (TPSA) is 72.2 Å². The molecule has 1 saturated heterocycles. The maximum absolute atomic E-state index is 10.4. The van der Waals surface area contributed by atoms with Gasteiger partial charge in [-0.05, 0) is 52.9 Å². The molecule has 130 valence electrons. The van der Waals surface area contributed by atoms with E-state index in [1.165, 1.54) is 0 Å². The summed E-state index contributed by atoms with van der Waals surface area (Å²) in [5.41, 5.74) is 0. The molecule has 0 aromatic carbocycles. The Morgan fingerprint density at radius 3 is 2.65 bits per heavy atom. The van der Waals surface area contributed by atoms with E-state index in [9.17, 15) is 5.11 Å². The van der Waals surface area contributed by atoms with Crippen molar-refractivity contribution in [3.05, 3.63) is 11.6 Å². The Kier molecular flexibility index (Phi) is 5.34. The van der Waals surface area contributed by atoms with Crippen LogP contribution in [0.2, 0.25) is 0 Å². The van der Waals surface area contributed by atoms with E-state index in [1.54, 1.807) is 0 Å². The summed E-state index contributed by atoms with van der Waals surface area (Å²) in [6.07, 6.45) is 4.56. The van der Waals surface area contributed by atoms with Gasteiger partial charge in [0.25, 0.3) is 0 Å². The zero-order chi connectivity index (χ0) is 16.4. The van der Waals surface area contributed by atoms with Crippen LogP contribution in [0.5, 0.6) is 0 Å². The lowest BCUT2D eigenvalue weighted by Crippen LogP contribution is -2.50. The predicted molar refractivity (Wildman–Crippen MR) is 88.5 cm³/mol. The van der Waals surface area contributed by atoms with Gasteiger partial charge in [-0.2, -0.15) is 5.10 Å². The SMILES string of the molecule is Cc1nc([C@H]2CC[C@@H](O)[C@H](NC3CCOCC3)C2)n(C(C)C)n1. The molecule has 2 aliphatic rings. The van der Waals surface area contributed by atoms with Crippen LogP contribution in [0.1, 0.15) is 69.6 Å². The van der Waals surface area contributed by atoms with Crippen LogP contribution in [-0.2, 0) is 4.74 Å². The van der Waals surface area contributed by atoms with Crippen LogP contribution in [0.15, 0.2) is 0 Å². The summed E-state index contributed by atoms with van der Waals surface area (Å²) in [5.74, 6) is 2.30. The van der Waals surface area contributed by atoms with E-state index in [-0.39, 0.29) is 12.1 Å². The molecule has 2 N–H and O–H groups in total. The fourth-order valence-electron chi connectivity index (χ4n) is 3.84. The van der Waals surface area contributed by atoms with Gasteiger partial charge in [-0.3, -0.25) is 0 Å². The molecule has 0 spiro atoms. The van der Waals surface area contributed by atoms with Gasteiger partial charge < -0.3 is 15.2 Å². The molecule has 1 aromatic heterocycles. The number of nitrogens with one attached hydrogen (secondary N) is 1. The van der Waals surface area contributed by atoms with E-state index in [4.69, 9.17) is 4.74 Å². The quantitative estimate of drug-likeness (QED) is 0.886. The normalized spacial score (nSPS) is 30.0. The van der Waals surface area contributed by atoms with E-state index in [1.807, 2.05) is 6.92 Å². The second-order valence-electron chi connectivity index (χ2n) is 7.29. The van der Waals surface area contributed by atoms with Crippen molar-refractivity contribution in [3.8, 4) is 0 Å². The summed E-state index contributed by atoms with van der Waals surface area (Å²) in [5, 5.41) is 18.6. The molecule has 1 aliphatic carbocycles. The average molecular weight is 322 g/mol. The number of hydrogen-bond acceptors (Lipinski definition) is 5. The number of aliphatic hydroxyl groups excluding tert-OH is 1. The summed E-state index contributed by atoms with van der Waals surface area (Å²) < 4.78 is 7.49. The van der Waals surface area contributed by atoms with Crippen LogP contribution >= 0.6 is 0 Å². The highest BCUT2D eigenvalue weighted by Gasteiger charge is 2.34. The minimum Gasteiger partial charge on any atom is -0.392 e. The van der Waals surface area contributed by atoms with Crippen LogP contribution < -0.4 is 5.32 Å². The Morgan fingerprint density at radius 2 is 1.96 bits per heavy atom. The van der Waals surface area contributed by atoms with Gasteiger partial charge in [0.2, 0.25) is 0 Å². The molecule has 6 nitrogen and oxygen atoms in total. The van der Waals surface area contributed by atoms with Crippen molar-refractivity contribution >= 4 is 0 Å². The molecule has 0 unspecified atom stereocenters. The van der Waals surface area contributed by atoms with E-state index >= 15 is 0 Å². The van der Waals surface area contributed by atoms with Gasteiger partial charge in [0.1, 0.15) is 11.6 Å². The fraction of sp³-hybridized carbons (Fsp3) is 0.882. The predicted octanol–water partition coefficient (Wildman–Crippen LogP) is 1.93. The third-order valence-corrected chi connectivity index (χ3v) is 5.10. The van der Waals surface area contributed by atoms with Crippen molar-refractivity contribution < 1.29 is 9.84 Å². The van der Waals surface area contributed by atoms with Crippen LogP contribution in [0.3, 0.4) is 0 Å². The van der Waals surface area contributed by atoms with Gasteiger partial charge in [-0.1, -0.05) is 0 Å². The molecule has 1 aromatic rings. The standard InChI is InChI=1S/C17H30N4O2/c1-11(2)21-17(18-12(3)20-21)13-4-5-16(22)15(10-13)19-14-6-8-23-9-7-14/h11,13-16,19,22H,4-10H2,1-3H3/t13-,15+,16+/m0/s1. The monoisotopic (exact) mass is 322 g/mol. The first kappa shape index (κ1) is 16.9. The summed E-state index contributed by atoms with van der Waals surface area (Å²) in [7, 11) is 0. The lowest BCUT2D eigenvalue weighted by molar-refractivity contribution is 0.0443. The molecule has 2 fully saturated rings. The number of nitrogens with zero attached hydrogens (tertiary/aromatic N) is 3. The van der Waals surface area contributed by atoms with Gasteiger partial charge in [-0.25, -0.2) is 9.67 Å². The van der Waals surface area contributed by atoms with Crippen molar-refractivity contribution in [2.75, 3.05) is 13.2 Å². The second kappa shape index (κ2) is 7.28. The Hall–Kier alpha value is -0.980. The zero-order valence-electron chi connectivity index (χ0n) is 14.5. The highest BCUT2D eigenvalue weighted by molar-refractivity contribution is 5.05. The van der Waals surface area contributed by atoms with E-state index < -0.39 is 0 Å². The second-order valence-corrected chi connectivity index (χ2v) is 7.29. The fourth-order valence-corrected chi connectivity index (χ4v) is 3.84. The first-order valence-corrected chi connectivity index (χ1v) is 8.99. The molecule has 0 radical (unpaired) electrons. The lowest BCUT2D eigenvalue weighted by Gasteiger charge is -2.37. The Balaban J connectivity index is 1.69. The number of ether oxygens (including phenoxy) is 1. The van der Waals surface area contributed by atoms with E-state index in [0.29, 0.717) is 18.0 Å². The average Bonchev–Trinajstić information content (AvgIpc) is 2.93. The number of aryl methyl sites for hydroxylation is 1.